The molecule has 3 rings (SSSR count). The lowest BCUT2D eigenvalue weighted by Crippen LogP contribution is -2.15. The van der Waals surface area contributed by atoms with Crippen LogP contribution in [-0.4, -0.2) is 16.8 Å². The Hall–Kier alpha value is -3.09. The van der Waals surface area contributed by atoms with Crippen molar-refractivity contribution in [3.63, 3.8) is 0 Å². The zero-order valence-corrected chi connectivity index (χ0v) is 16.9. The molecule has 0 aliphatic heterocycles. The van der Waals surface area contributed by atoms with Crippen molar-refractivity contribution in [2.75, 3.05) is 10.6 Å². The third kappa shape index (κ3) is 5.94. The van der Waals surface area contributed by atoms with Gasteiger partial charge < -0.3 is 15.4 Å². The minimum absolute atomic E-state index is 0.151. The first-order chi connectivity index (χ1) is 13.9. The van der Waals surface area contributed by atoms with E-state index in [9.17, 15) is 9.59 Å². The fraction of sp³-hybridized carbons (Fsp3) is 0.0952. The van der Waals surface area contributed by atoms with E-state index >= 15 is 0 Å². The van der Waals surface area contributed by atoms with Crippen molar-refractivity contribution in [3.05, 3.63) is 76.4 Å². The highest BCUT2D eigenvalue weighted by atomic mass is 35.5. The van der Waals surface area contributed by atoms with Gasteiger partial charge in [-0.25, -0.2) is 4.98 Å². The third-order valence-corrected chi connectivity index (χ3v) is 4.26. The molecule has 6 nitrogen and oxygen atoms in total. The summed E-state index contributed by atoms with van der Waals surface area (Å²) in [7, 11) is 0. The first-order valence-corrected chi connectivity index (χ1v) is 9.40. The van der Waals surface area contributed by atoms with Crippen LogP contribution in [0.1, 0.15) is 12.5 Å². The molecule has 2 aromatic carbocycles. The molecular weight excluding hydrogens is 413 g/mol. The number of halogens is 2. The van der Waals surface area contributed by atoms with E-state index in [0.717, 1.165) is 5.56 Å². The summed E-state index contributed by atoms with van der Waals surface area (Å²) in [5.41, 5.74) is 1.96. The fourth-order valence-corrected chi connectivity index (χ4v) is 2.95. The Kier molecular flexibility index (Phi) is 6.69. The number of benzene rings is 2. The summed E-state index contributed by atoms with van der Waals surface area (Å²) < 4.78 is 5.74. The van der Waals surface area contributed by atoms with Gasteiger partial charge >= 0.3 is 0 Å². The number of pyridine rings is 1. The lowest BCUT2D eigenvalue weighted by Gasteiger charge is -2.12. The van der Waals surface area contributed by atoms with Crippen LogP contribution in [0.5, 0.6) is 11.6 Å². The lowest BCUT2D eigenvalue weighted by atomic mass is 10.1. The number of carbonyl (C=O) groups excluding carboxylic acids is 2. The highest BCUT2D eigenvalue weighted by molar-refractivity contribution is 6.35. The number of para-hydroxylation sites is 2. The molecule has 3 aromatic rings. The monoisotopic (exact) mass is 429 g/mol. The normalized spacial score (nSPS) is 10.3. The van der Waals surface area contributed by atoms with Gasteiger partial charge in [0.1, 0.15) is 5.02 Å². The summed E-state index contributed by atoms with van der Waals surface area (Å²) in [4.78, 5) is 27.6. The average Bonchev–Trinajstić information content (AvgIpc) is 2.66. The van der Waals surface area contributed by atoms with Gasteiger partial charge in [-0.15, -0.1) is 0 Å². The second-order valence-electron chi connectivity index (χ2n) is 6.14. The van der Waals surface area contributed by atoms with Crippen molar-refractivity contribution in [1.29, 1.82) is 0 Å². The van der Waals surface area contributed by atoms with E-state index in [0.29, 0.717) is 22.1 Å². The number of hydrogen-bond donors (Lipinski definition) is 2. The van der Waals surface area contributed by atoms with Crippen molar-refractivity contribution in [3.8, 4) is 11.6 Å². The van der Waals surface area contributed by atoms with E-state index in [1.807, 2.05) is 0 Å². The molecule has 0 atom stereocenters. The topological polar surface area (TPSA) is 80.3 Å². The molecule has 0 radical (unpaired) electrons. The molecule has 2 amide bonds. The largest absolute Gasteiger partial charge is 0.435 e. The van der Waals surface area contributed by atoms with E-state index in [1.165, 1.54) is 19.2 Å². The molecule has 1 aromatic heterocycles. The van der Waals surface area contributed by atoms with Gasteiger partial charge in [0.25, 0.3) is 0 Å². The molecule has 0 spiro atoms. The third-order valence-electron chi connectivity index (χ3n) is 3.78. The minimum Gasteiger partial charge on any atom is -0.435 e. The molecular formula is C21H17Cl2N3O3. The van der Waals surface area contributed by atoms with Crippen LogP contribution in [0.2, 0.25) is 10.0 Å². The predicted molar refractivity (Wildman–Crippen MR) is 114 cm³/mol. The molecule has 2 N–H and O–H groups in total. The quantitative estimate of drug-likeness (QED) is 0.555. The number of nitrogens with one attached hydrogen (secondary N) is 2. The maximum absolute atomic E-state index is 12.5. The van der Waals surface area contributed by atoms with E-state index in [4.69, 9.17) is 27.9 Å². The van der Waals surface area contributed by atoms with Crippen LogP contribution in [-0.2, 0) is 16.0 Å². The Morgan fingerprint density at radius 2 is 1.76 bits per heavy atom. The highest BCUT2D eigenvalue weighted by Gasteiger charge is 2.12. The summed E-state index contributed by atoms with van der Waals surface area (Å²) in [6.07, 6.45) is 1.59. The first kappa shape index (κ1) is 20.6. The SMILES string of the molecule is CC(=O)Nc1ccc(CC(=O)Nc2ccccc2Oc2ncc(Cl)cc2Cl)cc1. The Morgan fingerprint density at radius 1 is 1.03 bits per heavy atom. The molecule has 0 aliphatic carbocycles. The number of nitrogens with zero attached hydrogens (tertiary/aromatic N) is 1. The maximum Gasteiger partial charge on any atom is 0.238 e. The van der Waals surface area contributed by atoms with Crippen LogP contribution in [0, 0.1) is 0 Å². The molecule has 148 valence electrons. The van der Waals surface area contributed by atoms with Crippen molar-refractivity contribution in [2.24, 2.45) is 0 Å². The Labute approximate surface area is 177 Å². The van der Waals surface area contributed by atoms with Crippen molar-refractivity contribution in [2.45, 2.75) is 13.3 Å². The Bertz CT molecular complexity index is 1040. The summed E-state index contributed by atoms with van der Waals surface area (Å²) >= 11 is 12.0. The second kappa shape index (κ2) is 9.41. The van der Waals surface area contributed by atoms with E-state index in [2.05, 4.69) is 15.6 Å². The van der Waals surface area contributed by atoms with E-state index in [-0.39, 0.29) is 29.1 Å². The average molecular weight is 430 g/mol. The molecule has 0 saturated heterocycles. The Morgan fingerprint density at radius 3 is 2.45 bits per heavy atom. The van der Waals surface area contributed by atoms with Gasteiger partial charge in [0, 0.05) is 18.8 Å². The van der Waals surface area contributed by atoms with Crippen molar-refractivity contribution in [1.82, 2.24) is 4.98 Å². The number of rotatable bonds is 6. The van der Waals surface area contributed by atoms with Crippen molar-refractivity contribution >= 4 is 46.4 Å². The smallest absolute Gasteiger partial charge is 0.238 e. The van der Waals surface area contributed by atoms with Crippen LogP contribution in [0.3, 0.4) is 0 Å². The number of anilines is 2. The summed E-state index contributed by atoms with van der Waals surface area (Å²) in [5, 5.41) is 6.17. The standard InChI is InChI=1S/C21H17Cl2N3O3/c1-13(27)25-16-8-6-14(7-9-16)10-20(28)26-18-4-2-3-5-19(18)29-21-17(23)11-15(22)12-24-21/h2-9,11-12H,10H2,1H3,(H,25,27)(H,26,28). The first-order valence-electron chi connectivity index (χ1n) is 8.65. The van der Waals surface area contributed by atoms with E-state index < -0.39 is 0 Å². The van der Waals surface area contributed by atoms with Gasteiger partial charge in [-0.2, -0.15) is 0 Å². The summed E-state index contributed by atoms with van der Waals surface area (Å²) in [6, 6.07) is 15.6. The molecule has 0 saturated carbocycles. The summed E-state index contributed by atoms with van der Waals surface area (Å²) in [6.45, 7) is 1.44. The molecule has 0 bridgehead atoms. The lowest BCUT2D eigenvalue weighted by molar-refractivity contribution is -0.116. The Balaban J connectivity index is 1.68. The molecule has 8 heteroatoms. The maximum atomic E-state index is 12.5. The van der Waals surface area contributed by atoms with Crippen LogP contribution in [0.15, 0.2) is 60.8 Å². The van der Waals surface area contributed by atoms with Crippen molar-refractivity contribution < 1.29 is 14.3 Å². The zero-order valence-electron chi connectivity index (χ0n) is 15.4. The number of amides is 2. The molecule has 0 fully saturated rings. The molecule has 1 heterocycles. The zero-order chi connectivity index (χ0) is 20.8. The molecule has 0 unspecified atom stereocenters. The van der Waals surface area contributed by atoms with Gasteiger partial charge in [-0.05, 0) is 35.9 Å². The van der Waals surface area contributed by atoms with Gasteiger partial charge in [0.2, 0.25) is 17.7 Å². The molecule has 0 aliphatic rings. The van der Waals surface area contributed by atoms with Crippen LogP contribution >= 0.6 is 23.2 Å². The van der Waals surface area contributed by atoms with Crippen LogP contribution in [0.4, 0.5) is 11.4 Å². The van der Waals surface area contributed by atoms with E-state index in [1.54, 1.807) is 48.5 Å². The van der Waals surface area contributed by atoms with Gasteiger partial charge in [0.15, 0.2) is 5.75 Å². The number of carbonyl (C=O) groups is 2. The van der Waals surface area contributed by atoms with Gasteiger partial charge in [0.05, 0.1) is 17.1 Å². The van der Waals surface area contributed by atoms with Crippen LogP contribution in [0.25, 0.3) is 0 Å². The van der Waals surface area contributed by atoms with Crippen LogP contribution < -0.4 is 15.4 Å². The van der Waals surface area contributed by atoms with Gasteiger partial charge in [-0.1, -0.05) is 47.5 Å². The highest BCUT2D eigenvalue weighted by Crippen LogP contribution is 2.33. The number of hydrogen-bond acceptors (Lipinski definition) is 4. The number of ether oxygens (including phenoxy) is 1. The minimum atomic E-state index is -0.219. The predicted octanol–water partition coefficient (Wildman–Crippen LogP) is 5.32. The number of aromatic nitrogens is 1. The second-order valence-corrected chi connectivity index (χ2v) is 6.99. The summed E-state index contributed by atoms with van der Waals surface area (Å²) in [5.74, 6) is 0.218. The van der Waals surface area contributed by atoms with Gasteiger partial charge in [-0.3, -0.25) is 9.59 Å². The molecule has 29 heavy (non-hydrogen) atoms. The fourth-order valence-electron chi connectivity index (χ4n) is 2.53.